The standard InChI is InChI=1S/C18H20N6S/c1-23(18-17-15(6-7-25-17)19-11-20-18)13-9-24(10-13)16-8-12-4-2-3-5-14(12)21-22-16/h6-8,11,13H,2-5,9-10H2,1H3. The number of aromatic nitrogens is 4. The number of hydrogen-bond acceptors (Lipinski definition) is 7. The predicted octanol–water partition coefficient (Wildman–Crippen LogP) is 2.69. The van der Waals surface area contributed by atoms with Crippen molar-refractivity contribution >= 4 is 33.2 Å². The van der Waals surface area contributed by atoms with Gasteiger partial charge in [0.25, 0.3) is 0 Å². The van der Waals surface area contributed by atoms with Gasteiger partial charge in [0.15, 0.2) is 5.82 Å². The maximum Gasteiger partial charge on any atom is 0.151 e. The van der Waals surface area contributed by atoms with Gasteiger partial charge in [-0.3, -0.25) is 0 Å². The number of thiophene rings is 1. The van der Waals surface area contributed by atoms with Crippen molar-refractivity contribution in [3.63, 3.8) is 0 Å². The Kier molecular flexibility index (Phi) is 3.55. The van der Waals surface area contributed by atoms with Gasteiger partial charge in [-0.15, -0.1) is 16.4 Å². The highest BCUT2D eigenvalue weighted by Crippen LogP contribution is 2.31. The Labute approximate surface area is 150 Å². The Morgan fingerprint density at radius 3 is 2.96 bits per heavy atom. The summed E-state index contributed by atoms with van der Waals surface area (Å²) in [6, 6.07) is 4.74. The molecule has 25 heavy (non-hydrogen) atoms. The molecule has 7 heteroatoms. The van der Waals surface area contributed by atoms with Crippen LogP contribution in [0.5, 0.6) is 0 Å². The second kappa shape index (κ2) is 5.91. The van der Waals surface area contributed by atoms with Crippen LogP contribution in [0.15, 0.2) is 23.8 Å². The molecule has 0 bridgehead atoms. The predicted molar refractivity (Wildman–Crippen MR) is 100 cm³/mol. The van der Waals surface area contributed by atoms with Crippen LogP contribution in [0.3, 0.4) is 0 Å². The number of nitrogens with zero attached hydrogens (tertiary/aromatic N) is 6. The van der Waals surface area contributed by atoms with Gasteiger partial charge < -0.3 is 9.80 Å². The molecular weight excluding hydrogens is 332 g/mol. The highest BCUT2D eigenvalue weighted by Gasteiger charge is 2.33. The summed E-state index contributed by atoms with van der Waals surface area (Å²) in [5, 5.41) is 11.0. The summed E-state index contributed by atoms with van der Waals surface area (Å²) in [4.78, 5) is 13.4. The van der Waals surface area contributed by atoms with Crippen LogP contribution in [-0.4, -0.2) is 46.3 Å². The number of anilines is 2. The molecule has 128 valence electrons. The molecule has 0 spiro atoms. The first-order valence-electron chi connectivity index (χ1n) is 8.81. The minimum absolute atomic E-state index is 0.443. The summed E-state index contributed by atoms with van der Waals surface area (Å²) in [5.74, 6) is 2.05. The van der Waals surface area contributed by atoms with Crippen molar-refractivity contribution in [1.82, 2.24) is 20.2 Å². The summed E-state index contributed by atoms with van der Waals surface area (Å²) < 4.78 is 1.16. The number of aryl methyl sites for hydroxylation is 2. The number of fused-ring (bicyclic) bond motifs is 2. The van der Waals surface area contributed by atoms with Gasteiger partial charge in [-0.05, 0) is 48.8 Å². The van der Waals surface area contributed by atoms with Gasteiger partial charge >= 0.3 is 0 Å². The first-order valence-corrected chi connectivity index (χ1v) is 9.69. The van der Waals surface area contributed by atoms with Gasteiger partial charge in [-0.2, -0.15) is 5.10 Å². The zero-order valence-electron chi connectivity index (χ0n) is 14.2. The molecule has 0 N–H and O–H groups in total. The van der Waals surface area contributed by atoms with Gasteiger partial charge in [-0.25, -0.2) is 9.97 Å². The molecule has 3 aromatic heterocycles. The number of rotatable bonds is 3. The molecule has 1 saturated heterocycles. The fraction of sp³-hybridized carbons (Fsp3) is 0.444. The summed E-state index contributed by atoms with van der Waals surface area (Å²) in [6.07, 6.45) is 6.40. The lowest BCUT2D eigenvalue weighted by atomic mass is 9.96. The van der Waals surface area contributed by atoms with E-state index in [1.807, 2.05) is 0 Å². The Morgan fingerprint density at radius 2 is 2.04 bits per heavy atom. The minimum Gasteiger partial charge on any atom is -0.352 e. The molecule has 0 saturated carbocycles. The normalized spacial score (nSPS) is 17.4. The van der Waals surface area contributed by atoms with Gasteiger partial charge in [0, 0.05) is 20.1 Å². The third-order valence-corrected chi connectivity index (χ3v) is 6.25. The largest absolute Gasteiger partial charge is 0.352 e. The summed E-state index contributed by atoms with van der Waals surface area (Å²) >= 11 is 1.70. The average Bonchev–Trinajstić information content (AvgIpc) is 3.09. The molecule has 0 amide bonds. The third-order valence-electron chi connectivity index (χ3n) is 5.35. The minimum atomic E-state index is 0.443. The van der Waals surface area contributed by atoms with E-state index in [2.05, 4.69) is 54.5 Å². The van der Waals surface area contributed by atoms with Crippen LogP contribution < -0.4 is 9.80 Å². The molecular formula is C18H20N6S. The fourth-order valence-corrected chi connectivity index (χ4v) is 4.60. The maximum absolute atomic E-state index is 4.52. The highest BCUT2D eigenvalue weighted by molar-refractivity contribution is 7.17. The van der Waals surface area contributed by atoms with E-state index < -0.39 is 0 Å². The summed E-state index contributed by atoms with van der Waals surface area (Å²) in [6.45, 7) is 1.92. The molecule has 6 nitrogen and oxygen atoms in total. The van der Waals surface area contributed by atoms with Crippen molar-refractivity contribution < 1.29 is 0 Å². The quantitative estimate of drug-likeness (QED) is 0.722. The molecule has 1 fully saturated rings. The Hall–Kier alpha value is -2.28. The number of hydrogen-bond donors (Lipinski definition) is 0. The molecule has 0 radical (unpaired) electrons. The zero-order valence-corrected chi connectivity index (χ0v) is 15.0. The van der Waals surface area contributed by atoms with Crippen LogP contribution in [0.1, 0.15) is 24.1 Å². The van der Waals surface area contributed by atoms with E-state index in [9.17, 15) is 0 Å². The smallest absolute Gasteiger partial charge is 0.151 e. The highest BCUT2D eigenvalue weighted by atomic mass is 32.1. The van der Waals surface area contributed by atoms with E-state index in [4.69, 9.17) is 0 Å². The molecule has 5 rings (SSSR count). The summed E-state index contributed by atoms with van der Waals surface area (Å²) in [5.41, 5.74) is 3.62. The lowest BCUT2D eigenvalue weighted by Crippen LogP contribution is -2.59. The van der Waals surface area contributed by atoms with Crippen molar-refractivity contribution in [2.75, 3.05) is 29.9 Å². The van der Waals surface area contributed by atoms with Crippen molar-refractivity contribution in [3.8, 4) is 0 Å². The van der Waals surface area contributed by atoms with Gasteiger partial charge in [0.2, 0.25) is 0 Å². The lowest BCUT2D eigenvalue weighted by Gasteiger charge is -2.45. The zero-order chi connectivity index (χ0) is 16.8. The molecule has 1 aliphatic heterocycles. The maximum atomic E-state index is 4.52. The average molecular weight is 352 g/mol. The first-order chi connectivity index (χ1) is 12.3. The van der Waals surface area contributed by atoms with Crippen LogP contribution in [0.4, 0.5) is 11.6 Å². The molecule has 0 unspecified atom stereocenters. The first kappa shape index (κ1) is 15.0. The van der Waals surface area contributed by atoms with Crippen LogP contribution in [0.2, 0.25) is 0 Å². The molecule has 2 aliphatic rings. The molecule has 4 heterocycles. The van der Waals surface area contributed by atoms with Crippen molar-refractivity contribution in [3.05, 3.63) is 35.1 Å². The molecule has 3 aromatic rings. The van der Waals surface area contributed by atoms with Crippen LogP contribution in [-0.2, 0) is 12.8 Å². The van der Waals surface area contributed by atoms with E-state index in [0.717, 1.165) is 47.8 Å². The van der Waals surface area contributed by atoms with Gasteiger partial charge in [-0.1, -0.05) is 0 Å². The van der Waals surface area contributed by atoms with E-state index in [1.54, 1.807) is 17.7 Å². The van der Waals surface area contributed by atoms with E-state index in [1.165, 1.54) is 24.1 Å². The van der Waals surface area contributed by atoms with Crippen LogP contribution in [0.25, 0.3) is 10.2 Å². The topological polar surface area (TPSA) is 58.0 Å². The molecule has 0 atom stereocenters. The fourth-order valence-electron chi connectivity index (χ4n) is 3.72. The van der Waals surface area contributed by atoms with E-state index in [-0.39, 0.29) is 0 Å². The van der Waals surface area contributed by atoms with Crippen LogP contribution in [0, 0.1) is 0 Å². The molecule has 1 aliphatic carbocycles. The van der Waals surface area contributed by atoms with E-state index in [0.29, 0.717) is 6.04 Å². The van der Waals surface area contributed by atoms with Crippen molar-refractivity contribution in [2.45, 2.75) is 31.7 Å². The molecule has 0 aromatic carbocycles. The Balaban J connectivity index is 1.32. The van der Waals surface area contributed by atoms with Crippen molar-refractivity contribution in [1.29, 1.82) is 0 Å². The third kappa shape index (κ3) is 2.54. The monoisotopic (exact) mass is 352 g/mol. The lowest BCUT2D eigenvalue weighted by molar-refractivity contribution is 0.487. The number of likely N-dealkylation sites (N-methyl/N-ethyl adjacent to an activating group) is 1. The Bertz CT molecular complexity index is 917. The van der Waals surface area contributed by atoms with Crippen LogP contribution >= 0.6 is 11.3 Å². The SMILES string of the molecule is CN(c1ncnc2ccsc12)C1CN(c2cc3c(nn2)CCCC3)C1. The second-order valence-electron chi connectivity index (χ2n) is 6.88. The van der Waals surface area contributed by atoms with E-state index >= 15 is 0 Å². The Morgan fingerprint density at radius 1 is 1.16 bits per heavy atom. The summed E-state index contributed by atoms with van der Waals surface area (Å²) in [7, 11) is 2.13. The van der Waals surface area contributed by atoms with Crippen molar-refractivity contribution in [2.24, 2.45) is 0 Å². The van der Waals surface area contributed by atoms with Gasteiger partial charge in [0.05, 0.1) is 22.0 Å². The van der Waals surface area contributed by atoms with Gasteiger partial charge in [0.1, 0.15) is 12.1 Å². The second-order valence-corrected chi connectivity index (χ2v) is 7.80.